The van der Waals surface area contributed by atoms with Gasteiger partial charge in [0.2, 0.25) is 5.88 Å². The number of ether oxygens (including phenoxy) is 2. The lowest BCUT2D eigenvalue weighted by atomic mass is 10.2. The highest BCUT2D eigenvalue weighted by Gasteiger charge is 2.33. The fourth-order valence-electron chi connectivity index (χ4n) is 1.12. The van der Waals surface area contributed by atoms with E-state index in [0.717, 1.165) is 12.1 Å². The third kappa shape index (κ3) is 3.81. The molecule has 0 saturated carbocycles. The molecule has 0 radical (unpaired) electrons. The molecule has 1 rings (SSSR count). The van der Waals surface area contributed by atoms with Gasteiger partial charge in [0, 0.05) is 7.11 Å². The molecule has 0 spiro atoms. The van der Waals surface area contributed by atoms with E-state index in [-0.39, 0.29) is 29.6 Å². The lowest BCUT2D eigenvalue weighted by Gasteiger charge is -2.12. The van der Waals surface area contributed by atoms with Gasteiger partial charge in [0.1, 0.15) is 17.3 Å². The summed E-state index contributed by atoms with van der Waals surface area (Å²) >= 11 is 4.71. The van der Waals surface area contributed by atoms with Crippen molar-refractivity contribution in [3.8, 4) is 5.88 Å². The molecule has 4 nitrogen and oxygen atoms in total. The molecule has 1 aromatic rings. The molecular formula is C10H11F3N2O2S. The summed E-state index contributed by atoms with van der Waals surface area (Å²) in [4.78, 5) is 3.29. The van der Waals surface area contributed by atoms with Crippen LogP contribution in [0.3, 0.4) is 0 Å². The minimum Gasteiger partial charge on any atom is -0.475 e. The van der Waals surface area contributed by atoms with Gasteiger partial charge >= 0.3 is 6.18 Å². The summed E-state index contributed by atoms with van der Waals surface area (Å²) in [5, 5.41) is 0. The number of rotatable bonds is 5. The Balaban J connectivity index is 3.04. The normalized spacial score (nSPS) is 11.3. The first-order valence-corrected chi connectivity index (χ1v) is 5.27. The van der Waals surface area contributed by atoms with Crippen LogP contribution < -0.4 is 10.5 Å². The second kappa shape index (κ2) is 5.96. The smallest absolute Gasteiger partial charge is 0.433 e. The predicted octanol–water partition coefficient (Wildman–Crippen LogP) is 1.76. The van der Waals surface area contributed by atoms with Gasteiger partial charge in [-0.15, -0.1) is 0 Å². The van der Waals surface area contributed by atoms with Crippen molar-refractivity contribution in [2.24, 2.45) is 5.73 Å². The minimum absolute atomic E-state index is 0.0560. The molecule has 18 heavy (non-hydrogen) atoms. The Morgan fingerprint density at radius 2 is 2.06 bits per heavy atom. The Kier molecular flexibility index (Phi) is 4.85. The molecule has 0 saturated heterocycles. The predicted molar refractivity (Wildman–Crippen MR) is 62.5 cm³/mol. The summed E-state index contributed by atoms with van der Waals surface area (Å²) in [7, 11) is 1.44. The highest BCUT2D eigenvalue weighted by molar-refractivity contribution is 7.80. The van der Waals surface area contributed by atoms with E-state index >= 15 is 0 Å². The summed E-state index contributed by atoms with van der Waals surface area (Å²) in [6.07, 6.45) is -4.55. The number of nitrogens with zero attached hydrogens (tertiary/aromatic N) is 1. The third-order valence-corrected chi connectivity index (χ3v) is 2.16. The van der Waals surface area contributed by atoms with Crippen molar-refractivity contribution < 1.29 is 22.6 Å². The maximum atomic E-state index is 12.5. The van der Waals surface area contributed by atoms with Gasteiger partial charge < -0.3 is 15.2 Å². The highest BCUT2D eigenvalue weighted by atomic mass is 32.1. The molecule has 2 N–H and O–H groups in total. The molecule has 0 aromatic carbocycles. The first-order valence-electron chi connectivity index (χ1n) is 4.86. The summed E-state index contributed by atoms with van der Waals surface area (Å²) in [5.41, 5.74) is 4.48. The van der Waals surface area contributed by atoms with Gasteiger partial charge in [-0.25, -0.2) is 4.98 Å². The average molecular weight is 280 g/mol. The van der Waals surface area contributed by atoms with Crippen LogP contribution in [0, 0.1) is 0 Å². The quantitative estimate of drug-likeness (QED) is 0.658. The summed E-state index contributed by atoms with van der Waals surface area (Å²) in [5.74, 6) is -0.241. The Morgan fingerprint density at radius 3 is 2.56 bits per heavy atom. The van der Waals surface area contributed by atoms with E-state index in [1.807, 2.05) is 0 Å². The zero-order valence-corrected chi connectivity index (χ0v) is 10.3. The number of thiocarbonyl (C=S) groups is 1. The van der Waals surface area contributed by atoms with Gasteiger partial charge in [-0.2, -0.15) is 13.2 Å². The Hall–Kier alpha value is -1.41. The minimum atomic E-state index is -4.55. The maximum absolute atomic E-state index is 12.5. The van der Waals surface area contributed by atoms with Crippen LogP contribution >= 0.6 is 12.2 Å². The van der Waals surface area contributed by atoms with E-state index in [9.17, 15) is 13.2 Å². The van der Waals surface area contributed by atoms with E-state index in [1.54, 1.807) is 0 Å². The topological polar surface area (TPSA) is 57.4 Å². The average Bonchev–Trinajstić information content (AvgIpc) is 2.27. The molecule has 0 aliphatic carbocycles. The molecule has 1 heterocycles. The van der Waals surface area contributed by atoms with Crippen molar-refractivity contribution in [2.45, 2.75) is 6.18 Å². The zero-order chi connectivity index (χ0) is 13.8. The lowest BCUT2D eigenvalue weighted by molar-refractivity contribution is -0.141. The van der Waals surface area contributed by atoms with E-state index in [0.29, 0.717) is 0 Å². The largest absolute Gasteiger partial charge is 0.475 e. The van der Waals surface area contributed by atoms with Crippen molar-refractivity contribution >= 4 is 17.2 Å². The van der Waals surface area contributed by atoms with Gasteiger partial charge in [0.15, 0.2) is 0 Å². The number of nitrogens with two attached hydrogens (primary N) is 1. The number of aromatic nitrogens is 1. The van der Waals surface area contributed by atoms with Gasteiger partial charge in [-0.3, -0.25) is 0 Å². The number of pyridine rings is 1. The van der Waals surface area contributed by atoms with Crippen molar-refractivity contribution in [1.82, 2.24) is 4.98 Å². The van der Waals surface area contributed by atoms with Crippen molar-refractivity contribution in [1.29, 1.82) is 0 Å². The van der Waals surface area contributed by atoms with E-state index in [2.05, 4.69) is 4.98 Å². The number of halogens is 3. The van der Waals surface area contributed by atoms with Gasteiger partial charge in [0.05, 0.1) is 12.2 Å². The Bertz CT molecular complexity index is 438. The van der Waals surface area contributed by atoms with Crippen molar-refractivity contribution in [3.05, 3.63) is 23.4 Å². The van der Waals surface area contributed by atoms with Gasteiger partial charge in [0.25, 0.3) is 0 Å². The molecule has 0 aliphatic heterocycles. The van der Waals surface area contributed by atoms with Crippen LogP contribution in [0.4, 0.5) is 13.2 Å². The molecule has 0 aliphatic rings. The van der Waals surface area contributed by atoms with Gasteiger partial charge in [-0.1, -0.05) is 12.2 Å². The van der Waals surface area contributed by atoms with E-state index in [1.165, 1.54) is 7.11 Å². The van der Waals surface area contributed by atoms with Crippen LogP contribution in [0.2, 0.25) is 0 Å². The molecule has 100 valence electrons. The molecule has 1 aromatic heterocycles. The zero-order valence-electron chi connectivity index (χ0n) is 9.45. The third-order valence-electron chi connectivity index (χ3n) is 1.94. The molecule has 8 heteroatoms. The summed E-state index contributed by atoms with van der Waals surface area (Å²) in [6, 6.07) is 1.94. The Labute approximate surface area is 107 Å². The van der Waals surface area contributed by atoms with Crippen LogP contribution in [0.25, 0.3) is 0 Å². The maximum Gasteiger partial charge on any atom is 0.433 e. The molecular weight excluding hydrogens is 269 g/mol. The molecule has 0 atom stereocenters. The molecule has 0 amide bonds. The first-order chi connectivity index (χ1) is 8.36. The van der Waals surface area contributed by atoms with Crippen molar-refractivity contribution in [2.75, 3.05) is 20.3 Å². The van der Waals surface area contributed by atoms with E-state index in [4.69, 9.17) is 27.4 Å². The van der Waals surface area contributed by atoms with E-state index < -0.39 is 11.9 Å². The van der Waals surface area contributed by atoms with Crippen LogP contribution in [0.5, 0.6) is 5.88 Å². The van der Waals surface area contributed by atoms with Crippen LogP contribution in [-0.4, -0.2) is 30.3 Å². The highest BCUT2D eigenvalue weighted by Crippen LogP contribution is 2.30. The molecule has 0 fully saturated rings. The fraction of sp³-hybridized carbons (Fsp3) is 0.400. The summed E-state index contributed by atoms with van der Waals surface area (Å²) in [6.45, 7) is 0.273. The van der Waals surface area contributed by atoms with Gasteiger partial charge in [-0.05, 0) is 12.1 Å². The number of alkyl halides is 3. The van der Waals surface area contributed by atoms with Crippen LogP contribution in [0.1, 0.15) is 11.3 Å². The first kappa shape index (κ1) is 14.7. The number of methoxy groups -OCH3 is 1. The lowest BCUT2D eigenvalue weighted by Crippen LogP contribution is -2.17. The molecule has 0 unspecified atom stereocenters. The van der Waals surface area contributed by atoms with Crippen LogP contribution in [-0.2, 0) is 10.9 Å². The standard InChI is InChI=1S/C10H11F3N2O2S/c1-16-4-5-17-9-6(8(14)18)2-3-7(15-9)10(11,12)13/h2-3H,4-5H2,1H3,(H2,14,18). The SMILES string of the molecule is COCCOc1nc(C(F)(F)F)ccc1C(N)=S. The number of hydrogen-bond donors (Lipinski definition) is 1. The van der Waals surface area contributed by atoms with Crippen LogP contribution in [0.15, 0.2) is 12.1 Å². The monoisotopic (exact) mass is 280 g/mol. The second-order valence-electron chi connectivity index (χ2n) is 3.25. The fourth-order valence-corrected chi connectivity index (χ4v) is 1.27. The molecule has 0 bridgehead atoms. The second-order valence-corrected chi connectivity index (χ2v) is 3.69. The Morgan fingerprint density at radius 1 is 1.39 bits per heavy atom. The number of hydrogen-bond acceptors (Lipinski definition) is 4. The summed E-state index contributed by atoms with van der Waals surface area (Å²) < 4.78 is 47.2. The van der Waals surface area contributed by atoms with Crippen molar-refractivity contribution in [3.63, 3.8) is 0 Å².